The first-order chi connectivity index (χ1) is 8.43. The standard InChI is InChI=1S/C13H24N4S/c1-8(2)9(3)17-13(14-6)15-7-12-10(4)16-11(5)18-12/h8-9H,7H2,1-6H3,(H2,14,15,17). The van der Waals surface area contributed by atoms with Gasteiger partial charge in [-0.2, -0.15) is 0 Å². The van der Waals surface area contributed by atoms with Crippen molar-refractivity contribution in [2.75, 3.05) is 7.05 Å². The molecule has 2 N–H and O–H groups in total. The molecular weight excluding hydrogens is 244 g/mol. The third-order valence-electron chi connectivity index (χ3n) is 3.00. The van der Waals surface area contributed by atoms with E-state index in [9.17, 15) is 0 Å². The number of guanidine groups is 1. The number of aliphatic imine (C=N–C) groups is 1. The molecule has 0 radical (unpaired) electrons. The number of aromatic nitrogens is 1. The minimum atomic E-state index is 0.403. The Morgan fingerprint density at radius 2 is 2.00 bits per heavy atom. The van der Waals surface area contributed by atoms with E-state index in [4.69, 9.17) is 0 Å². The third kappa shape index (κ3) is 4.29. The predicted molar refractivity (Wildman–Crippen MR) is 79.2 cm³/mol. The van der Waals surface area contributed by atoms with Crippen molar-refractivity contribution in [1.82, 2.24) is 15.6 Å². The van der Waals surface area contributed by atoms with Crippen LogP contribution < -0.4 is 10.6 Å². The summed E-state index contributed by atoms with van der Waals surface area (Å²) in [5.74, 6) is 1.43. The fourth-order valence-electron chi connectivity index (χ4n) is 1.48. The van der Waals surface area contributed by atoms with Crippen molar-refractivity contribution in [3.63, 3.8) is 0 Å². The molecule has 0 amide bonds. The van der Waals surface area contributed by atoms with Gasteiger partial charge in [-0.3, -0.25) is 4.99 Å². The summed E-state index contributed by atoms with van der Waals surface area (Å²) in [5.41, 5.74) is 1.11. The molecule has 1 aromatic rings. The van der Waals surface area contributed by atoms with Gasteiger partial charge in [-0.05, 0) is 26.7 Å². The molecule has 1 heterocycles. The molecule has 0 aromatic carbocycles. The maximum absolute atomic E-state index is 4.42. The van der Waals surface area contributed by atoms with E-state index in [2.05, 4.69) is 41.4 Å². The zero-order valence-corrected chi connectivity index (χ0v) is 13.0. The Kier molecular flexibility index (Phi) is 5.59. The highest BCUT2D eigenvalue weighted by Crippen LogP contribution is 2.16. The van der Waals surface area contributed by atoms with Crippen LogP contribution in [-0.2, 0) is 6.54 Å². The van der Waals surface area contributed by atoms with E-state index in [0.717, 1.165) is 23.2 Å². The number of hydrogen-bond donors (Lipinski definition) is 2. The van der Waals surface area contributed by atoms with Gasteiger partial charge in [-0.15, -0.1) is 11.3 Å². The number of nitrogens with zero attached hydrogens (tertiary/aromatic N) is 2. The van der Waals surface area contributed by atoms with E-state index in [-0.39, 0.29) is 0 Å². The molecule has 1 atom stereocenters. The molecular formula is C13H24N4S. The van der Waals surface area contributed by atoms with E-state index in [1.54, 1.807) is 18.4 Å². The summed E-state index contributed by atoms with van der Waals surface area (Å²) < 4.78 is 0. The average molecular weight is 268 g/mol. The SMILES string of the molecule is CN=C(NCc1sc(C)nc1C)NC(C)C(C)C. The fourth-order valence-corrected chi connectivity index (χ4v) is 2.36. The predicted octanol–water partition coefficient (Wildman–Crippen LogP) is 2.47. The van der Waals surface area contributed by atoms with Crippen molar-refractivity contribution in [1.29, 1.82) is 0 Å². The largest absolute Gasteiger partial charge is 0.354 e. The number of rotatable bonds is 4. The summed E-state index contributed by atoms with van der Waals surface area (Å²) >= 11 is 1.74. The molecule has 0 fully saturated rings. The Morgan fingerprint density at radius 3 is 2.44 bits per heavy atom. The lowest BCUT2D eigenvalue weighted by Gasteiger charge is -2.20. The first-order valence-corrected chi connectivity index (χ1v) is 7.15. The summed E-state index contributed by atoms with van der Waals surface area (Å²) in [4.78, 5) is 9.93. The van der Waals surface area contributed by atoms with Gasteiger partial charge < -0.3 is 10.6 Å². The second kappa shape index (κ2) is 6.73. The zero-order valence-electron chi connectivity index (χ0n) is 12.2. The summed E-state index contributed by atoms with van der Waals surface area (Å²) in [6.45, 7) is 11.4. The van der Waals surface area contributed by atoms with Crippen LogP contribution in [0.25, 0.3) is 0 Å². The molecule has 1 aromatic heterocycles. The molecule has 18 heavy (non-hydrogen) atoms. The second-order valence-corrected chi connectivity index (χ2v) is 6.13. The molecule has 4 nitrogen and oxygen atoms in total. The van der Waals surface area contributed by atoms with E-state index < -0.39 is 0 Å². The van der Waals surface area contributed by atoms with Crippen molar-refractivity contribution in [3.05, 3.63) is 15.6 Å². The number of hydrogen-bond acceptors (Lipinski definition) is 3. The van der Waals surface area contributed by atoms with Gasteiger partial charge in [0.15, 0.2) is 5.96 Å². The lowest BCUT2D eigenvalue weighted by Crippen LogP contribution is -2.43. The third-order valence-corrected chi connectivity index (χ3v) is 4.08. The first kappa shape index (κ1) is 15.0. The Balaban J connectivity index is 2.53. The molecule has 0 saturated carbocycles. The van der Waals surface area contributed by atoms with Crippen LogP contribution in [0.15, 0.2) is 4.99 Å². The van der Waals surface area contributed by atoms with Gasteiger partial charge >= 0.3 is 0 Å². The van der Waals surface area contributed by atoms with Crippen LogP contribution in [0, 0.1) is 19.8 Å². The highest BCUT2D eigenvalue weighted by atomic mass is 32.1. The molecule has 0 spiro atoms. The molecule has 0 aliphatic rings. The topological polar surface area (TPSA) is 49.3 Å². The van der Waals surface area contributed by atoms with Gasteiger partial charge in [0, 0.05) is 18.0 Å². The van der Waals surface area contributed by atoms with Crippen LogP contribution in [0.2, 0.25) is 0 Å². The van der Waals surface area contributed by atoms with Gasteiger partial charge in [-0.1, -0.05) is 13.8 Å². The minimum absolute atomic E-state index is 0.403. The zero-order chi connectivity index (χ0) is 13.7. The normalized spacial score (nSPS) is 13.8. The van der Waals surface area contributed by atoms with Crippen LogP contribution in [-0.4, -0.2) is 24.0 Å². The monoisotopic (exact) mass is 268 g/mol. The number of thiazole rings is 1. The molecule has 1 unspecified atom stereocenters. The van der Waals surface area contributed by atoms with E-state index in [1.807, 2.05) is 13.8 Å². The van der Waals surface area contributed by atoms with Crippen LogP contribution in [0.1, 0.15) is 36.3 Å². The van der Waals surface area contributed by atoms with Crippen LogP contribution in [0.4, 0.5) is 0 Å². The molecule has 0 aliphatic heterocycles. The Morgan fingerprint density at radius 1 is 1.33 bits per heavy atom. The molecule has 102 valence electrons. The summed E-state index contributed by atoms with van der Waals surface area (Å²) in [6, 6.07) is 0.403. The van der Waals surface area contributed by atoms with Crippen molar-refractivity contribution in [3.8, 4) is 0 Å². The van der Waals surface area contributed by atoms with E-state index in [1.165, 1.54) is 4.88 Å². The molecule has 5 heteroatoms. The first-order valence-electron chi connectivity index (χ1n) is 6.34. The Labute approximate surface area is 114 Å². The van der Waals surface area contributed by atoms with Gasteiger partial charge in [0.05, 0.1) is 17.2 Å². The summed E-state index contributed by atoms with van der Waals surface area (Å²) in [7, 11) is 1.80. The lowest BCUT2D eigenvalue weighted by molar-refractivity contribution is 0.481. The number of nitrogens with one attached hydrogen (secondary N) is 2. The quantitative estimate of drug-likeness (QED) is 0.651. The fraction of sp³-hybridized carbons (Fsp3) is 0.692. The van der Waals surface area contributed by atoms with Crippen molar-refractivity contribution in [2.45, 2.75) is 47.2 Å². The van der Waals surface area contributed by atoms with Gasteiger partial charge in [0.1, 0.15) is 0 Å². The Hall–Kier alpha value is -1.10. The maximum Gasteiger partial charge on any atom is 0.191 e. The van der Waals surface area contributed by atoms with Gasteiger partial charge in [0.25, 0.3) is 0 Å². The molecule has 0 bridgehead atoms. The molecule has 1 rings (SSSR count). The summed E-state index contributed by atoms with van der Waals surface area (Å²) in [5, 5.41) is 7.83. The molecule has 0 aliphatic carbocycles. The minimum Gasteiger partial charge on any atom is -0.354 e. The maximum atomic E-state index is 4.42. The van der Waals surface area contributed by atoms with Gasteiger partial charge in [-0.25, -0.2) is 4.98 Å². The summed E-state index contributed by atoms with van der Waals surface area (Å²) in [6.07, 6.45) is 0. The Bertz CT molecular complexity index is 409. The lowest BCUT2D eigenvalue weighted by atomic mass is 10.1. The van der Waals surface area contributed by atoms with Crippen LogP contribution in [0.5, 0.6) is 0 Å². The smallest absolute Gasteiger partial charge is 0.191 e. The second-order valence-electron chi connectivity index (χ2n) is 4.84. The number of aryl methyl sites for hydroxylation is 2. The van der Waals surface area contributed by atoms with Crippen LogP contribution >= 0.6 is 11.3 Å². The average Bonchev–Trinajstić information content (AvgIpc) is 2.62. The van der Waals surface area contributed by atoms with Crippen LogP contribution in [0.3, 0.4) is 0 Å². The van der Waals surface area contributed by atoms with E-state index >= 15 is 0 Å². The molecule has 0 saturated heterocycles. The van der Waals surface area contributed by atoms with Crippen molar-refractivity contribution >= 4 is 17.3 Å². The van der Waals surface area contributed by atoms with Crippen molar-refractivity contribution in [2.24, 2.45) is 10.9 Å². The van der Waals surface area contributed by atoms with E-state index in [0.29, 0.717) is 12.0 Å². The van der Waals surface area contributed by atoms with Gasteiger partial charge in [0.2, 0.25) is 0 Å². The highest BCUT2D eigenvalue weighted by Gasteiger charge is 2.10. The highest BCUT2D eigenvalue weighted by molar-refractivity contribution is 7.11. The van der Waals surface area contributed by atoms with Crippen molar-refractivity contribution < 1.29 is 0 Å².